The van der Waals surface area contributed by atoms with Crippen LogP contribution in [0.5, 0.6) is 0 Å². The zero-order valence-electron chi connectivity index (χ0n) is 57.1. The molecule has 0 saturated carbocycles. The molecule has 3 aliphatic rings. The molecule has 3 rings (SSSR count). The Morgan fingerprint density at radius 1 is 0.602 bits per heavy atom. The average Bonchev–Trinajstić information content (AvgIpc) is 3.91. The third-order valence-corrected chi connectivity index (χ3v) is 60.1. The molecule has 23 nitrogen and oxygen atoms in total. The van der Waals surface area contributed by atoms with Crippen LogP contribution in [-0.4, -0.2) is 209 Å². The van der Waals surface area contributed by atoms with Crippen LogP contribution in [0, 0.1) is 0 Å². The first-order valence-electron chi connectivity index (χ1n) is 26.9. The Hall–Kier alpha value is -0.409. The van der Waals surface area contributed by atoms with Gasteiger partial charge in [0.2, 0.25) is 7.83 Å². The normalized spacial score (nSPS) is 28.7. The van der Waals surface area contributed by atoms with Crippen LogP contribution in [0.1, 0.15) is 75.2 Å². The van der Waals surface area contributed by atoms with Crippen LogP contribution in [-0.2, 0) is 119 Å². The first-order chi connectivity index (χ1) is 37.1. The van der Waals surface area contributed by atoms with Gasteiger partial charge in [0, 0.05) is 157 Å². The van der Waals surface area contributed by atoms with Crippen molar-refractivity contribution >= 4 is 108 Å². The number of allylic oxidation sites excluding steroid dienone is 1. The third kappa shape index (κ3) is 29.0. The predicted molar refractivity (Wildman–Crippen MR) is 342 cm³/mol. The molecule has 83 heavy (non-hydrogen) atoms. The van der Waals surface area contributed by atoms with Gasteiger partial charge in [-0.25, -0.2) is 0 Å². The molecular weight excluding hydrogens is 1340 g/mol. The average molecular weight is 1460 g/mol. The smallest absolute Gasteiger partial charge is 0.379 e. The number of carbonyl (C=O) groups is 4. The van der Waals surface area contributed by atoms with Crippen molar-refractivity contribution in [2.45, 2.75) is 187 Å². The molecule has 0 aromatic heterocycles. The maximum atomic E-state index is 11.4. The first-order valence-corrected chi connectivity index (χ1v) is 53.0. The summed E-state index contributed by atoms with van der Waals surface area (Å²) in [5.41, 5.74) is 5.26. The van der Waals surface area contributed by atoms with E-state index in [0.29, 0.717) is 28.9 Å². The van der Waals surface area contributed by atoms with Crippen molar-refractivity contribution in [3.05, 3.63) is 23.7 Å². The summed E-state index contributed by atoms with van der Waals surface area (Å²) in [5, 5.41) is 6.00. The van der Waals surface area contributed by atoms with E-state index in [9.17, 15) is 14.4 Å². The molecule has 34 heteroatoms. The van der Waals surface area contributed by atoms with E-state index in [1.807, 2.05) is 64.5 Å². The van der Waals surface area contributed by atoms with E-state index in [1.165, 1.54) is 20.8 Å². The second-order valence-corrected chi connectivity index (χ2v) is 63.5. The van der Waals surface area contributed by atoms with Crippen LogP contribution in [0.25, 0.3) is 0 Å². The number of carboxylic acids is 1. The van der Waals surface area contributed by atoms with Crippen molar-refractivity contribution in [3.63, 3.8) is 0 Å². The third-order valence-electron chi connectivity index (χ3n) is 15.2. The number of carboxylic acid groups (broad SMARTS) is 1. The fourth-order valence-corrected chi connectivity index (χ4v) is 48.1. The summed E-state index contributed by atoms with van der Waals surface area (Å²) in [6.45, 7) is 43.0. The Morgan fingerprint density at radius 3 is 1.20 bits per heavy atom. The second kappa shape index (κ2) is 39.0. The standard InChI is InChI=1S/C11H26O5Si2.C10H24O3Si2.C9H20O5Si2.C6H14O3Si2.C6H18O3Si2.C5H8O2.C2H4O2.Pd/c1-10(12)16-11(2,9-17(6,7)13-3)18(8,14-4)15-5;1-7-9-10(8-2)15(6,12-4)13-14(9,5)11-3;1-8(10)13-9(2)7-15(5,11-3)14-16(9,6)12-4;1-7-10(3)5-6-11(4,8-2)9-10;1-7-10(4,5)11(6,8-2)9-3;1-4(2)7-5(3)6;1-2(3)4;/h9H2,1-8H3;9-10H,7-8H2,1-6H3;7H2,1-6H3;5-6H,1-4H3;1-6H3;1H2,2-3H3;1H3,(H,3,4);. The number of ether oxygens (including phenoxy) is 3. The minimum atomic E-state index is -2.63. The number of rotatable bonds is 21. The molecule has 0 spiro atoms. The molecule has 3 heterocycles. The molecule has 0 radical (unpaired) electrons. The predicted octanol–water partition coefficient (Wildman–Crippen LogP) is 9.93. The SMILES string of the molecule is C=C(C)OC(C)=O.CC(=O)O.CCC1C(CC)[Si](C)(OC)O[Si]1(C)OC.CO[Si](C)(C)CC(C)(OC(C)=O)[Si](C)(OC)OC.CO[Si](C)(C)[Si](C)(OC)OC.CO[Si]1(C)C=C[Si](C)(OC)O1.CO[Si]1(C)CC(C)(OC(C)=O)[Si](C)(OC)O1.[Pd]. The van der Waals surface area contributed by atoms with E-state index >= 15 is 0 Å². The Bertz CT molecular complexity index is 1930. The summed E-state index contributed by atoms with van der Waals surface area (Å²) >= 11 is 0. The summed E-state index contributed by atoms with van der Waals surface area (Å²) < 4.78 is 99.2. The van der Waals surface area contributed by atoms with Crippen molar-refractivity contribution < 1.29 is 124 Å². The van der Waals surface area contributed by atoms with E-state index in [0.717, 1.165) is 19.8 Å². The van der Waals surface area contributed by atoms with E-state index in [2.05, 4.69) is 64.4 Å². The Kier molecular flexibility index (Phi) is 42.9. The van der Waals surface area contributed by atoms with Gasteiger partial charge in [-0.3, -0.25) is 19.2 Å². The number of carbonyl (C=O) groups excluding carboxylic acids is 3. The molecule has 0 amide bonds. The molecule has 0 bridgehead atoms. The number of hydrogen-bond acceptors (Lipinski definition) is 22. The van der Waals surface area contributed by atoms with Gasteiger partial charge < -0.3 is 84.8 Å². The molecule has 3 aliphatic heterocycles. The molecule has 0 aliphatic carbocycles. The van der Waals surface area contributed by atoms with E-state index in [1.54, 1.807) is 92.2 Å². The van der Waals surface area contributed by atoms with Crippen molar-refractivity contribution in [2.24, 2.45) is 0 Å². The molecular formula is C49H114O23PdSi10. The zero-order valence-corrected chi connectivity index (χ0v) is 68.6. The molecule has 0 aromatic rings. The monoisotopic (exact) mass is 1460 g/mol. The fraction of sp³-hybridized carbons (Fsp3) is 0.837. The van der Waals surface area contributed by atoms with Crippen LogP contribution in [0.15, 0.2) is 23.7 Å². The van der Waals surface area contributed by atoms with E-state index in [4.69, 9.17) is 84.8 Å². The van der Waals surface area contributed by atoms with Gasteiger partial charge in [0.05, 0.1) is 5.76 Å². The van der Waals surface area contributed by atoms with Crippen LogP contribution in [0.3, 0.4) is 0 Å². The summed E-state index contributed by atoms with van der Waals surface area (Å²) in [6, 6.07) is 1.26. The number of aliphatic carboxylic acids is 1. The minimum absolute atomic E-state index is 0. The van der Waals surface area contributed by atoms with Crippen molar-refractivity contribution in [1.82, 2.24) is 0 Å². The summed E-state index contributed by atoms with van der Waals surface area (Å²) in [7, 11) is -0.802. The largest absolute Gasteiger partial charge is 0.481 e. The Morgan fingerprint density at radius 2 is 1.00 bits per heavy atom. The van der Waals surface area contributed by atoms with Gasteiger partial charge in [-0.15, -0.1) is 0 Å². The second-order valence-electron chi connectivity index (χ2n) is 22.2. The van der Waals surface area contributed by atoms with Gasteiger partial charge in [-0.05, 0) is 111 Å². The molecule has 1 N–H and O–H groups in total. The maximum Gasteiger partial charge on any atom is 0.379 e. The van der Waals surface area contributed by atoms with Crippen molar-refractivity contribution in [1.29, 1.82) is 0 Å². The topological polar surface area (TPSA) is 255 Å². The van der Waals surface area contributed by atoms with E-state index < -0.39 is 101 Å². The Labute approximate surface area is 525 Å². The minimum Gasteiger partial charge on any atom is -0.481 e. The zero-order chi connectivity index (χ0) is 66.0. The summed E-state index contributed by atoms with van der Waals surface area (Å²) in [5.74, 6) is -1.34. The number of esters is 3. The van der Waals surface area contributed by atoms with Crippen molar-refractivity contribution in [3.8, 4) is 0 Å². The van der Waals surface area contributed by atoms with Gasteiger partial charge >= 0.3 is 85.9 Å². The molecule has 0 aromatic carbocycles. The number of hydrogen-bond donors (Lipinski definition) is 1. The molecule has 10 unspecified atom stereocenters. The van der Waals surface area contributed by atoms with E-state index in [-0.39, 0.29) is 38.3 Å². The van der Waals surface area contributed by atoms with Crippen LogP contribution in [0.4, 0.5) is 0 Å². The fourth-order valence-electron chi connectivity index (χ4n) is 9.13. The van der Waals surface area contributed by atoms with Crippen LogP contribution in [0.2, 0.25) is 102 Å². The van der Waals surface area contributed by atoms with Gasteiger partial charge in [0.25, 0.3) is 5.97 Å². The van der Waals surface area contributed by atoms with Gasteiger partial charge in [-0.1, -0.05) is 33.3 Å². The molecule has 10 atom stereocenters. The maximum absolute atomic E-state index is 11.4. The molecule has 2 saturated heterocycles. The quantitative estimate of drug-likeness (QED) is 0.0485. The van der Waals surface area contributed by atoms with Crippen LogP contribution >= 0.6 is 0 Å². The Balaban J connectivity index is -0.000000294. The molecule has 498 valence electrons. The van der Waals surface area contributed by atoms with Crippen LogP contribution < -0.4 is 0 Å². The molecule has 2 fully saturated rings. The first kappa shape index (κ1) is 91.3. The summed E-state index contributed by atoms with van der Waals surface area (Å²) in [4.78, 5) is 41.5. The van der Waals surface area contributed by atoms with Gasteiger partial charge in [-0.2, -0.15) is 0 Å². The van der Waals surface area contributed by atoms with Gasteiger partial charge in [0.15, 0.2) is 18.8 Å². The van der Waals surface area contributed by atoms with Gasteiger partial charge in [0.1, 0.15) is 0 Å². The van der Waals surface area contributed by atoms with Crippen molar-refractivity contribution in [2.75, 3.05) is 85.3 Å². The summed E-state index contributed by atoms with van der Waals surface area (Å²) in [6.07, 6.45) is 2.28.